The topological polar surface area (TPSA) is 122 Å². The summed E-state index contributed by atoms with van der Waals surface area (Å²) in [6, 6.07) is 1.64. The van der Waals surface area contributed by atoms with Gasteiger partial charge in [-0.15, -0.1) is 5.10 Å². The molecule has 8 nitrogen and oxygen atoms in total. The van der Waals surface area contributed by atoms with Gasteiger partial charge in [-0.2, -0.15) is 4.98 Å². The van der Waals surface area contributed by atoms with Gasteiger partial charge in [0.2, 0.25) is 17.7 Å². The van der Waals surface area contributed by atoms with Crippen LogP contribution < -0.4 is 11.1 Å². The molecule has 0 aliphatic carbocycles. The maximum absolute atomic E-state index is 11.4. The lowest BCUT2D eigenvalue weighted by Gasteiger charge is -1.98. The van der Waals surface area contributed by atoms with Gasteiger partial charge in [-0.1, -0.05) is 0 Å². The van der Waals surface area contributed by atoms with E-state index in [-0.39, 0.29) is 17.7 Å². The second-order valence-electron chi connectivity index (χ2n) is 2.57. The summed E-state index contributed by atoms with van der Waals surface area (Å²) in [5.74, 6) is -0.281. The highest BCUT2D eigenvalue weighted by Crippen LogP contribution is 1.99. The molecule has 0 unspecified atom stereocenters. The number of aromatic nitrogens is 5. The Labute approximate surface area is 84.0 Å². The molecule has 1 amide bonds. The van der Waals surface area contributed by atoms with Gasteiger partial charge in [-0.3, -0.25) is 15.2 Å². The van der Waals surface area contributed by atoms with Gasteiger partial charge in [-0.05, 0) is 6.07 Å². The van der Waals surface area contributed by atoms with E-state index in [2.05, 4.69) is 30.5 Å². The zero-order chi connectivity index (χ0) is 10.7. The number of amides is 1. The molecule has 76 valence electrons. The number of rotatable bonds is 2. The highest BCUT2D eigenvalue weighted by atomic mass is 16.2. The Kier molecular flexibility index (Phi) is 2.23. The Bertz CT molecular complexity index is 465. The predicted molar refractivity (Wildman–Crippen MR) is 50.8 cm³/mol. The quantitative estimate of drug-likeness (QED) is 0.603. The lowest BCUT2D eigenvalue weighted by atomic mass is 10.5. The van der Waals surface area contributed by atoms with Gasteiger partial charge < -0.3 is 5.73 Å². The number of carbonyl (C=O) groups excluding carboxylic acids is 1. The summed E-state index contributed by atoms with van der Waals surface area (Å²) < 4.78 is 0. The van der Waals surface area contributed by atoms with Crippen molar-refractivity contribution in [3.63, 3.8) is 0 Å². The van der Waals surface area contributed by atoms with Crippen molar-refractivity contribution < 1.29 is 4.79 Å². The summed E-state index contributed by atoms with van der Waals surface area (Å²) in [5.41, 5.74) is 5.25. The lowest BCUT2D eigenvalue weighted by Crippen LogP contribution is -2.15. The van der Waals surface area contributed by atoms with Crippen molar-refractivity contribution in [2.24, 2.45) is 0 Å². The van der Waals surface area contributed by atoms with Crippen LogP contribution in [0.25, 0.3) is 0 Å². The highest BCUT2D eigenvalue weighted by Gasteiger charge is 2.11. The minimum absolute atomic E-state index is 0.00845. The number of hydrogen-bond acceptors (Lipinski definition) is 6. The van der Waals surface area contributed by atoms with Crippen LogP contribution in [0.3, 0.4) is 0 Å². The van der Waals surface area contributed by atoms with Crippen LogP contribution in [-0.4, -0.2) is 31.1 Å². The maximum atomic E-state index is 11.4. The van der Waals surface area contributed by atoms with E-state index in [1.165, 1.54) is 12.4 Å². The highest BCUT2D eigenvalue weighted by molar-refractivity contribution is 6.00. The third-order valence-corrected chi connectivity index (χ3v) is 1.51. The molecular weight excluding hydrogens is 198 g/mol. The van der Waals surface area contributed by atoms with Crippen molar-refractivity contribution in [1.82, 2.24) is 25.1 Å². The summed E-state index contributed by atoms with van der Waals surface area (Å²) >= 11 is 0. The van der Waals surface area contributed by atoms with Crippen LogP contribution in [0, 0.1) is 0 Å². The van der Waals surface area contributed by atoms with E-state index in [4.69, 9.17) is 5.73 Å². The summed E-state index contributed by atoms with van der Waals surface area (Å²) in [6.45, 7) is 0. The van der Waals surface area contributed by atoms with Crippen molar-refractivity contribution in [2.45, 2.75) is 0 Å². The Morgan fingerprint density at radius 1 is 1.40 bits per heavy atom. The molecule has 0 saturated heterocycles. The molecule has 8 heteroatoms. The van der Waals surface area contributed by atoms with E-state index in [0.717, 1.165) is 0 Å². The van der Waals surface area contributed by atoms with Gasteiger partial charge in [0.15, 0.2) is 0 Å². The van der Waals surface area contributed by atoms with Crippen LogP contribution in [0.5, 0.6) is 0 Å². The van der Waals surface area contributed by atoms with Crippen LogP contribution in [0.2, 0.25) is 0 Å². The largest absolute Gasteiger partial charge is 0.366 e. The Balaban J connectivity index is 2.11. The third kappa shape index (κ3) is 2.05. The predicted octanol–water partition coefficient (Wildman–Crippen LogP) is -0.571. The normalized spacial score (nSPS) is 9.87. The van der Waals surface area contributed by atoms with Gasteiger partial charge >= 0.3 is 0 Å². The second-order valence-corrected chi connectivity index (χ2v) is 2.57. The van der Waals surface area contributed by atoms with E-state index in [9.17, 15) is 4.79 Å². The first-order valence-corrected chi connectivity index (χ1v) is 4.02. The summed E-state index contributed by atoms with van der Waals surface area (Å²) in [7, 11) is 0. The molecule has 0 aliphatic heterocycles. The molecule has 0 aliphatic rings. The first-order valence-electron chi connectivity index (χ1n) is 4.02. The molecule has 0 bridgehead atoms. The van der Waals surface area contributed by atoms with Gasteiger partial charge in [0.25, 0.3) is 5.91 Å². The molecule has 0 saturated carbocycles. The fourth-order valence-electron chi connectivity index (χ4n) is 0.901. The maximum Gasteiger partial charge on any atom is 0.295 e. The zero-order valence-electron chi connectivity index (χ0n) is 7.51. The number of nitrogen functional groups attached to an aromatic ring is 1. The number of anilines is 2. The second kappa shape index (κ2) is 3.70. The van der Waals surface area contributed by atoms with Crippen LogP contribution >= 0.6 is 0 Å². The fraction of sp³-hybridized carbons (Fsp3) is 0. The van der Waals surface area contributed by atoms with Crippen LogP contribution in [0.4, 0.5) is 11.9 Å². The monoisotopic (exact) mass is 205 g/mol. The van der Waals surface area contributed by atoms with E-state index >= 15 is 0 Å². The number of H-pyrrole nitrogens is 1. The molecule has 0 radical (unpaired) electrons. The van der Waals surface area contributed by atoms with E-state index in [0.29, 0.717) is 0 Å². The smallest absolute Gasteiger partial charge is 0.295 e. The van der Waals surface area contributed by atoms with Gasteiger partial charge in [0.1, 0.15) is 0 Å². The average Bonchev–Trinajstić information content (AvgIpc) is 2.66. The van der Waals surface area contributed by atoms with Crippen molar-refractivity contribution in [1.29, 1.82) is 0 Å². The number of nitrogens with one attached hydrogen (secondary N) is 2. The van der Waals surface area contributed by atoms with Crippen LogP contribution in [0.1, 0.15) is 10.6 Å². The van der Waals surface area contributed by atoms with E-state index < -0.39 is 5.91 Å². The fourth-order valence-corrected chi connectivity index (χ4v) is 0.901. The molecule has 4 N–H and O–H groups in total. The lowest BCUT2D eigenvalue weighted by molar-refractivity contribution is 0.101. The molecule has 0 spiro atoms. The van der Waals surface area contributed by atoms with Crippen LogP contribution in [0.15, 0.2) is 18.5 Å². The summed E-state index contributed by atoms with van der Waals surface area (Å²) in [6.07, 6.45) is 3.02. The van der Waals surface area contributed by atoms with Crippen molar-refractivity contribution in [3.8, 4) is 0 Å². The van der Waals surface area contributed by atoms with E-state index in [1.54, 1.807) is 6.07 Å². The number of aromatic amines is 1. The average molecular weight is 205 g/mol. The molecular formula is C7H7N7O. The first kappa shape index (κ1) is 9.06. The molecule has 2 rings (SSSR count). The Morgan fingerprint density at radius 2 is 2.13 bits per heavy atom. The van der Waals surface area contributed by atoms with Gasteiger partial charge in [-0.25, -0.2) is 9.97 Å². The molecule has 0 aromatic carbocycles. The van der Waals surface area contributed by atoms with Gasteiger partial charge in [0, 0.05) is 12.4 Å². The third-order valence-electron chi connectivity index (χ3n) is 1.51. The molecule has 0 atom stereocenters. The first-order chi connectivity index (χ1) is 7.25. The van der Waals surface area contributed by atoms with Crippen molar-refractivity contribution >= 4 is 17.8 Å². The molecule has 2 heterocycles. The zero-order valence-corrected chi connectivity index (χ0v) is 7.51. The van der Waals surface area contributed by atoms with Crippen LogP contribution in [-0.2, 0) is 0 Å². The number of hydrogen-bond donors (Lipinski definition) is 3. The molecule has 15 heavy (non-hydrogen) atoms. The minimum Gasteiger partial charge on any atom is -0.366 e. The Hall–Kier alpha value is -2.51. The number of nitrogens with two attached hydrogens (primary N) is 1. The van der Waals surface area contributed by atoms with E-state index in [1.807, 2.05) is 0 Å². The number of carbonyl (C=O) groups is 1. The van der Waals surface area contributed by atoms with Crippen molar-refractivity contribution in [3.05, 3.63) is 24.3 Å². The Morgan fingerprint density at radius 3 is 2.73 bits per heavy atom. The molecule has 0 fully saturated rings. The molecule has 2 aromatic heterocycles. The summed E-state index contributed by atoms with van der Waals surface area (Å²) in [4.78, 5) is 22.7. The number of nitrogens with zero attached hydrogens (tertiary/aromatic N) is 4. The molecule has 2 aromatic rings. The standard InChI is InChI=1S/C7H7N7O/c8-6-11-4(13-14-6)5(15)12-7-9-2-1-3-10-7/h1-3H,(H3,8,11,13,14)(H,9,10,12,15). The van der Waals surface area contributed by atoms with Crippen molar-refractivity contribution in [2.75, 3.05) is 11.1 Å². The van der Waals surface area contributed by atoms with Gasteiger partial charge in [0.05, 0.1) is 0 Å². The minimum atomic E-state index is -0.495. The SMILES string of the molecule is Nc1n[nH]c(C(=O)Nc2ncccn2)n1. The summed E-state index contributed by atoms with van der Waals surface area (Å²) in [5, 5.41) is 8.31.